The summed E-state index contributed by atoms with van der Waals surface area (Å²) in [5.74, 6) is -7.37. The van der Waals surface area contributed by atoms with Crippen LogP contribution in [0.4, 0.5) is 5.69 Å². The van der Waals surface area contributed by atoms with E-state index in [4.69, 9.17) is 5.73 Å². The van der Waals surface area contributed by atoms with E-state index in [1.807, 2.05) is 20.8 Å². The zero-order valence-corrected chi connectivity index (χ0v) is 20.1. The number of nitrogens with two attached hydrogens (primary N) is 1. The average molecular weight is 500 g/mol. The van der Waals surface area contributed by atoms with Crippen molar-refractivity contribution in [1.82, 2.24) is 5.32 Å². The lowest BCUT2D eigenvalue weighted by Crippen LogP contribution is -2.58. The summed E-state index contributed by atoms with van der Waals surface area (Å²) in [6, 6.07) is 3.09. The molecule has 8 N–H and O–H groups in total. The van der Waals surface area contributed by atoms with E-state index in [-0.39, 0.29) is 48.2 Å². The van der Waals surface area contributed by atoms with Crippen LogP contribution in [0.3, 0.4) is 0 Å². The maximum atomic E-state index is 13.5. The minimum absolute atomic E-state index is 0.0157. The zero-order chi connectivity index (χ0) is 26.7. The molecule has 0 aromatic heterocycles. The number of rotatable bonds is 4. The van der Waals surface area contributed by atoms with Crippen LogP contribution in [0, 0.1) is 11.8 Å². The summed E-state index contributed by atoms with van der Waals surface area (Å²) in [6.07, 6.45) is -0.122. The van der Waals surface area contributed by atoms with Gasteiger partial charge in [0.2, 0.25) is 11.7 Å². The predicted molar refractivity (Wildman–Crippen MR) is 128 cm³/mol. The molecule has 3 aliphatic carbocycles. The topological polar surface area (TPSA) is 199 Å². The van der Waals surface area contributed by atoms with Crippen molar-refractivity contribution in [3.05, 3.63) is 40.2 Å². The van der Waals surface area contributed by atoms with Gasteiger partial charge in [-0.05, 0) is 51.2 Å². The van der Waals surface area contributed by atoms with Gasteiger partial charge in [0, 0.05) is 23.5 Å². The summed E-state index contributed by atoms with van der Waals surface area (Å²) < 4.78 is 0. The Morgan fingerprint density at radius 3 is 2.42 bits per heavy atom. The summed E-state index contributed by atoms with van der Waals surface area (Å²) in [4.78, 5) is 49.9. The molecule has 192 valence electrons. The third kappa shape index (κ3) is 3.94. The highest BCUT2D eigenvalue weighted by molar-refractivity contribution is 6.22. The van der Waals surface area contributed by atoms with E-state index < -0.39 is 63.7 Å². The second kappa shape index (κ2) is 8.45. The number of anilines is 1. The van der Waals surface area contributed by atoms with E-state index in [1.165, 1.54) is 6.07 Å². The van der Waals surface area contributed by atoms with Gasteiger partial charge in [0.25, 0.3) is 5.91 Å². The molecule has 4 rings (SSSR count). The number of aliphatic hydroxyl groups excluding tert-OH is 2. The van der Waals surface area contributed by atoms with Gasteiger partial charge in [-0.1, -0.05) is 6.07 Å². The fourth-order valence-corrected chi connectivity index (χ4v) is 5.24. The quantitative estimate of drug-likeness (QED) is 0.231. The second-order valence-electron chi connectivity index (χ2n) is 10.6. The van der Waals surface area contributed by atoms with E-state index in [0.717, 1.165) is 0 Å². The largest absolute Gasteiger partial charge is 0.508 e. The summed E-state index contributed by atoms with van der Waals surface area (Å²) in [5, 5.41) is 49.4. The molecule has 1 saturated carbocycles. The first-order valence-electron chi connectivity index (χ1n) is 11.5. The molecule has 1 fully saturated rings. The standard InChI is InChI=1S/C25H29N3O8/c1-24(2,3)27-9-15(30)28-13-5-4-10-6-11-7-12-8-14(29)18(23(26)35)22(34)25(12,36)21(33)17(11)20(32)16(10)19(13)31/h4-5,11-12,27,31-32,34,36H,6-9H2,1-3H3,(H2,26,35)(H,28,30). The van der Waals surface area contributed by atoms with Crippen molar-refractivity contribution in [3.63, 3.8) is 0 Å². The Kier molecular flexibility index (Phi) is 5.96. The number of primary amides is 1. The number of aliphatic hydroxyl groups is 3. The Bertz CT molecular complexity index is 1270. The number of fused-ring (bicyclic) bond motifs is 3. The molecular weight excluding hydrogens is 470 g/mol. The van der Waals surface area contributed by atoms with Crippen LogP contribution in [-0.2, 0) is 25.6 Å². The first-order valence-corrected chi connectivity index (χ1v) is 11.5. The molecule has 1 aromatic rings. The number of hydrogen-bond donors (Lipinski definition) is 7. The van der Waals surface area contributed by atoms with Gasteiger partial charge >= 0.3 is 0 Å². The van der Waals surface area contributed by atoms with E-state index in [1.54, 1.807) is 6.07 Å². The molecule has 11 heteroatoms. The molecule has 0 bridgehead atoms. The number of carbonyl (C=O) groups is 4. The molecular formula is C25H29N3O8. The Labute approximate surface area is 206 Å². The minimum Gasteiger partial charge on any atom is -0.508 e. The summed E-state index contributed by atoms with van der Waals surface area (Å²) in [6.45, 7) is 5.63. The third-order valence-corrected chi connectivity index (χ3v) is 6.99. The lowest BCUT2D eigenvalue weighted by Gasteiger charge is -2.46. The first kappa shape index (κ1) is 25.4. The molecule has 0 radical (unpaired) electrons. The van der Waals surface area contributed by atoms with Gasteiger partial charge in [-0.2, -0.15) is 0 Å². The van der Waals surface area contributed by atoms with Gasteiger partial charge in [0.05, 0.1) is 17.8 Å². The number of carbonyl (C=O) groups excluding carboxylic acids is 4. The Balaban J connectivity index is 1.74. The second-order valence-corrected chi connectivity index (χ2v) is 10.6. The van der Waals surface area contributed by atoms with Crippen LogP contribution in [0.5, 0.6) is 5.75 Å². The van der Waals surface area contributed by atoms with Crippen LogP contribution in [-0.4, -0.2) is 61.5 Å². The third-order valence-electron chi connectivity index (χ3n) is 6.99. The number of ketones is 2. The SMILES string of the molecule is CC(C)(C)NCC(=O)Nc1ccc2c(c1O)C(O)=C1C(=O)C3(O)C(O)=C(C(N)=O)C(=O)CC3CC1C2. The van der Waals surface area contributed by atoms with Crippen molar-refractivity contribution in [3.8, 4) is 5.75 Å². The predicted octanol–water partition coefficient (Wildman–Crippen LogP) is 0.751. The highest BCUT2D eigenvalue weighted by Gasteiger charge is 2.60. The fourth-order valence-electron chi connectivity index (χ4n) is 5.24. The molecule has 1 aromatic carbocycles. The van der Waals surface area contributed by atoms with Crippen LogP contribution >= 0.6 is 0 Å². The van der Waals surface area contributed by atoms with E-state index in [0.29, 0.717) is 5.56 Å². The molecule has 0 heterocycles. The molecule has 0 spiro atoms. The number of phenols is 1. The van der Waals surface area contributed by atoms with E-state index in [2.05, 4.69) is 10.6 Å². The van der Waals surface area contributed by atoms with Crippen LogP contribution in [0.15, 0.2) is 29.0 Å². The average Bonchev–Trinajstić information content (AvgIpc) is 2.76. The van der Waals surface area contributed by atoms with Gasteiger partial charge in [-0.3, -0.25) is 19.2 Å². The Hall–Kier alpha value is -3.70. The number of Topliss-reactive ketones (excluding diaryl/α,β-unsaturated/α-hetero) is 2. The molecule has 3 aliphatic rings. The fraction of sp³-hybridized carbons (Fsp3) is 0.440. The lowest BCUT2D eigenvalue weighted by molar-refractivity contribution is -0.147. The van der Waals surface area contributed by atoms with Gasteiger partial charge in [-0.25, -0.2) is 0 Å². The van der Waals surface area contributed by atoms with Crippen LogP contribution < -0.4 is 16.4 Å². The number of hydrogen-bond acceptors (Lipinski definition) is 9. The van der Waals surface area contributed by atoms with Gasteiger partial charge in [0.15, 0.2) is 11.4 Å². The highest BCUT2D eigenvalue weighted by atomic mass is 16.3. The molecule has 3 atom stereocenters. The van der Waals surface area contributed by atoms with Crippen LogP contribution in [0.2, 0.25) is 0 Å². The Morgan fingerprint density at radius 1 is 1.14 bits per heavy atom. The molecule has 11 nitrogen and oxygen atoms in total. The van der Waals surface area contributed by atoms with Crippen LogP contribution in [0.25, 0.3) is 5.76 Å². The molecule has 0 saturated heterocycles. The molecule has 2 amide bonds. The summed E-state index contributed by atoms with van der Waals surface area (Å²) >= 11 is 0. The van der Waals surface area contributed by atoms with Crippen molar-refractivity contribution in [2.45, 2.75) is 51.2 Å². The van der Waals surface area contributed by atoms with Crippen molar-refractivity contribution >= 4 is 34.8 Å². The number of phenolic OH excluding ortho intramolecular Hbond substituents is 1. The van der Waals surface area contributed by atoms with Crippen LogP contribution in [0.1, 0.15) is 44.7 Å². The van der Waals surface area contributed by atoms with Gasteiger partial charge in [-0.15, -0.1) is 0 Å². The maximum absolute atomic E-state index is 13.5. The molecule has 36 heavy (non-hydrogen) atoms. The van der Waals surface area contributed by atoms with Crippen molar-refractivity contribution in [2.75, 3.05) is 11.9 Å². The lowest BCUT2D eigenvalue weighted by atomic mass is 9.59. The monoisotopic (exact) mass is 499 g/mol. The van der Waals surface area contributed by atoms with Crippen molar-refractivity contribution < 1.29 is 39.6 Å². The number of benzene rings is 1. The van der Waals surface area contributed by atoms with E-state index in [9.17, 15) is 39.6 Å². The van der Waals surface area contributed by atoms with Gasteiger partial charge < -0.3 is 36.8 Å². The Morgan fingerprint density at radius 2 is 1.81 bits per heavy atom. The van der Waals surface area contributed by atoms with Gasteiger partial charge in [0.1, 0.15) is 22.8 Å². The van der Waals surface area contributed by atoms with Crippen molar-refractivity contribution in [1.29, 1.82) is 0 Å². The van der Waals surface area contributed by atoms with Crippen molar-refractivity contribution in [2.24, 2.45) is 17.6 Å². The summed E-state index contributed by atoms with van der Waals surface area (Å²) in [5.41, 5.74) is 1.62. The number of amides is 2. The first-order chi connectivity index (χ1) is 16.7. The number of nitrogens with one attached hydrogen (secondary N) is 2. The van der Waals surface area contributed by atoms with E-state index >= 15 is 0 Å². The minimum atomic E-state index is -2.62. The molecule has 0 aliphatic heterocycles. The zero-order valence-electron chi connectivity index (χ0n) is 20.1. The molecule has 3 unspecified atom stereocenters. The normalized spacial score (nSPS) is 25.8. The maximum Gasteiger partial charge on any atom is 0.255 e. The number of aromatic hydroxyl groups is 1. The smallest absolute Gasteiger partial charge is 0.255 e. The highest BCUT2D eigenvalue weighted by Crippen LogP contribution is 2.52. The summed E-state index contributed by atoms with van der Waals surface area (Å²) in [7, 11) is 0.